The second-order valence-corrected chi connectivity index (χ2v) is 2.99. The molecule has 4 N–H and O–H groups in total. The zero-order chi connectivity index (χ0) is 10.7. The van der Waals surface area contributed by atoms with E-state index in [-0.39, 0.29) is 17.7 Å². The lowest BCUT2D eigenvalue weighted by atomic mass is 10.0. The molecule has 14 heavy (non-hydrogen) atoms. The first-order valence-corrected chi connectivity index (χ1v) is 4.12. The van der Waals surface area contributed by atoms with E-state index >= 15 is 0 Å². The summed E-state index contributed by atoms with van der Waals surface area (Å²) in [5, 5.41) is 0. The largest absolute Gasteiger partial charge is 0.399 e. The molecule has 78 valence electrons. The predicted molar refractivity (Wildman–Crippen MR) is 48.3 cm³/mol. The van der Waals surface area contributed by atoms with Crippen molar-refractivity contribution in [2.24, 2.45) is 5.73 Å². The van der Waals surface area contributed by atoms with Crippen LogP contribution >= 0.6 is 0 Å². The van der Waals surface area contributed by atoms with Crippen molar-refractivity contribution in [1.82, 2.24) is 0 Å². The third kappa shape index (κ3) is 2.17. The molecule has 1 rings (SSSR count). The Labute approximate surface area is 79.7 Å². The second kappa shape index (κ2) is 4.32. The van der Waals surface area contributed by atoms with Crippen LogP contribution in [-0.4, -0.2) is 6.67 Å². The lowest BCUT2D eigenvalue weighted by Crippen LogP contribution is -2.14. The highest BCUT2D eigenvalue weighted by Gasteiger charge is 2.15. The van der Waals surface area contributed by atoms with E-state index in [1.807, 2.05) is 0 Å². The van der Waals surface area contributed by atoms with Crippen molar-refractivity contribution in [3.8, 4) is 0 Å². The maximum atomic E-state index is 13.1. The fraction of sp³-hybridized carbons (Fsp3) is 0.333. The zero-order valence-corrected chi connectivity index (χ0v) is 7.43. The average Bonchev–Trinajstić information content (AvgIpc) is 2.11. The second-order valence-electron chi connectivity index (χ2n) is 2.99. The number of nitrogen functional groups attached to an aromatic ring is 1. The minimum atomic E-state index is -1.06. The van der Waals surface area contributed by atoms with Gasteiger partial charge in [-0.15, -0.1) is 0 Å². The Hall–Kier alpha value is -1.23. The average molecular weight is 204 g/mol. The molecule has 1 unspecified atom stereocenters. The van der Waals surface area contributed by atoms with Crippen LogP contribution in [0.1, 0.15) is 18.0 Å². The number of rotatable bonds is 3. The van der Waals surface area contributed by atoms with Gasteiger partial charge in [-0.2, -0.15) is 0 Å². The van der Waals surface area contributed by atoms with Crippen molar-refractivity contribution >= 4 is 5.69 Å². The quantitative estimate of drug-likeness (QED) is 0.739. The normalized spacial score (nSPS) is 12.9. The highest BCUT2D eigenvalue weighted by Crippen LogP contribution is 2.23. The van der Waals surface area contributed by atoms with Crippen LogP contribution in [0.15, 0.2) is 12.1 Å². The summed E-state index contributed by atoms with van der Waals surface area (Å²) in [5.74, 6) is -2.12. The highest BCUT2D eigenvalue weighted by atomic mass is 19.2. The molecule has 1 aromatic rings. The van der Waals surface area contributed by atoms with Crippen molar-refractivity contribution in [3.63, 3.8) is 0 Å². The van der Waals surface area contributed by atoms with Gasteiger partial charge in [-0.05, 0) is 18.6 Å². The summed E-state index contributed by atoms with van der Waals surface area (Å²) in [6.45, 7) is -0.684. The van der Waals surface area contributed by atoms with Gasteiger partial charge in [-0.25, -0.2) is 8.78 Å². The summed E-state index contributed by atoms with van der Waals surface area (Å²) in [6.07, 6.45) is -0.0557. The van der Waals surface area contributed by atoms with E-state index in [4.69, 9.17) is 11.5 Å². The van der Waals surface area contributed by atoms with Gasteiger partial charge in [0.1, 0.15) is 0 Å². The Balaban J connectivity index is 3.07. The minimum Gasteiger partial charge on any atom is -0.399 e. The molecule has 5 heteroatoms. The van der Waals surface area contributed by atoms with Crippen LogP contribution in [0.3, 0.4) is 0 Å². The molecule has 1 atom stereocenters. The van der Waals surface area contributed by atoms with Crippen LogP contribution in [0.4, 0.5) is 18.9 Å². The predicted octanol–water partition coefficient (Wildman–Crippen LogP) is 1.91. The molecule has 2 nitrogen and oxygen atoms in total. The van der Waals surface area contributed by atoms with E-state index in [1.54, 1.807) is 0 Å². The molecule has 0 saturated carbocycles. The summed E-state index contributed by atoms with van der Waals surface area (Å²) in [4.78, 5) is 0. The first kappa shape index (κ1) is 10.8. The van der Waals surface area contributed by atoms with Gasteiger partial charge in [0, 0.05) is 17.3 Å². The first-order valence-electron chi connectivity index (χ1n) is 4.12. The fourth-order valence-electron chi connectivity index (χ4n) is 1.18. The SMILES string of the molecule is Nc1cc(F)c(F)c(C(N)CCF)c1. The third-order valence-electron chi connectivity index (χ3n) is 1.90. The highest BCUT2D eigenvalue weighted by molar-refractivity contribution is 5.43. The van der Waals surface area contributed by atoms with Gasteiger partial charge < -0.3 is 11.5 Å². The van der Waals surface area contributed by atoms with E-state index in [0.717, 1.165) is 6.07 Å². The van der Waals surface area contributed by atoms with Gasteiger partial charge in [-0.1, -0.05) is 0 Å². The Morgan fingerprint density at radius 3 is 2.50 bits per heavy atom. The van der Waals surface area contributed by atoms with Crippen molar-refractivity contribution in [2.45, 2.75) is 12.5 Å². The van der Waals surface area contributed by atoms with Crippen molar-refractivity contribution in [3.05, 3.63) is 29.3 Å². The standard InChI is InChI=1S/C9H11F3N2/c10-2-1-8(14)6-3-5(13)4-7(11)9(6)12/h3-4,8H,1-2,13-14H2. The van der Waals surface area contributed by atoms with E-state index in [0.29, 0.717) is 0 Å². The summed E-state index contributed by atoms with van der Waals surface area (Å²) in [7, 11) is 0. The molecule has 0 spiro atoms. The van der Waals surface area contributed by atoms with Crippen LogP contribution in [-0.2, 0) is 0 Å². The van der Waals surface area contributed by atoms with Crippen molar-refractivity contribution < 1.29 is 13.2 Å². The van der Waals surface area contributed by atoms with Gasteiger partial charge in [-0.3, -0.25) is 4.39 Å². The lowest BCUT2D eigenvalue weighted by molar-refractivity contribution is 0.427. The molecule has 0 aliphatic carbocycles. The van der Waals surface area contributed by atoms with Crippen LogP contribution in [0, 0.1) is 11.6 Å². The molecule has 0 fully saturated rings. The Morgan fingerprint density at radius 2 is 1.93 bits per heavy atom. The summed E-state index contributed by atoms with van der Waals surface area (Å²) in [6, 6.07) is 1.22. The Bertz CT molecular complexity index is 328. The summed E-state index contributed by atoms with van der Waals surface area (Å²) in [5.41, 5.74) is 10.7. The maximum Gasteiger partial charge on any atom is 0.163 e. The van der Waals surface area contributed by atoms with E-state index < -0.39 is 24.4 Å². The van der Waals surface area contributed by atoms with Gasteiger partial charge in [0.05, 0.1) is 6.67 Å². The van der Waals surface area contributed by atoms with E-state index in [1.165, 1.54) is 6.07 Å². The molecule has 0 heterocycles. The van der Waals surface area contributed by atoms with Crippen molar-refractivity contribution in [1.29, 1.82) is 0 Å². The molecule has 0 amide bonds. The molecular weight excluding hydrogens is 193 g/mol. The number of benzene rings is 1. The first-order chi connectivity index (χ1) is 6.56. The summed E-state index contributed by atoms with van der Waals surface area (Å²) >= 11 is 0. The molecule has 0 aliphatic heterocycles. The molecule has 0 aromatic heterocycles. The Morgan fingerprint density at radius 1 is 1.29 bits per heavy atom. The number of halogens is 3. The van der Waals surface area contributed by atoms with Crippen LogP contribution < -0.4 is 11.5 Å². The lowest BCUT2D eigenvalue weighted by Gasteiger charge is -2.12. The molecule has 0 radical (unpaired) electrons. The monoisotopic (exact) mass is 204 g/mol. The molecular formula is C9H11F3N2. The number of hydrogen-bond acceptors (Lipinski definition) is 2. The Kier molecular flexibility index (Phi) is 3.35. The summed E-state index contributed by atoms with van der Waals surface area (Å²) < 4.78 is 37.9. The van der Waals surface area contributed by atoms with Gasteiger partial charge >= 0.3 is 0 Å². The zero-order valence-electron chi connectivity index (χ0n) is 7.43. The van der Waals surface area contributed by atoms with E-state index in [2.05, 4.69) is 0 Å². The van der Waals surface area contributed by atoms with Crippen LogP contribution in [0.25, 0.3) is 0 Å². The minimum absolute atomic E-state index is 0.0557. The molecule has 0 saturated heterocycles. The molecule has 0 bridgehead atoms. The van der Waals surface area contributed by atoms with Crippen LogP contribution in [0.5, 0.6) is 0 Å². The molecule has 0 aliphatic rings. The number of anilines is 1. The smallest absolute Gasteiger partial charge is 0.163 e. The van der Waals surface area contributed by atoms with Crippen molar-refractivity contribution in [2.75, 3.05) is 12.4 Å². The van der Waals surface area contributed by atoms with Gasteiger partial charge in [0.2, 0.25) is 0 Å². The number of nitrogens with two attached hydrogens (primary N) is 2. The number of hydrogen-bond donors (Lipinski definition) is 2. The van der Waals surface area contributed by atoms with Crippen LogP contribution in [0.2, 0.25) is 0 Å². The van der Waals surface area contributed by atoms with Gasteiger partial charge in [0.25, 0.3) is 0 Å². The maximum absolute atomic E-state index is 13.1. The fourth-order valence-corrected chi connectivity index (χ4v) is 1.18. The molecule has 1 aromatic carbocycles. The van der Waals surface area contributed by atoms with E-state index in [9.17, 15) is 13.2 Å². The number of alkyl halides is 1. The topological polar surface area (TPSA) is 52.0 Å². The third-order valence-corrected chi connectivity index (χ3v) is 1.90. The van der Waals surface area contributed by atoms with Gasteiger partial charge in [0.15, 0.2) is 11.6 Å².